The van der Waals surface area contributed by atoms with Gasteiger partial charge in [0.1, 0.15) is 11.2 Å². The highest BCUT2D eigenvalue weighted by Crippen LogP contribution is 2.26. The van der Waals surface area contributed by atoms with E-state index < -0.39 is 0 Å². The summed E-state index contributed by atoms with van der Waals surface area (Å²) in [6.45, 7) is 0. The third-order valence-electron chi connectivity index (χ3n) is 3.09. The van der Waals surface area contributed by atoms with Crippen LogP contribution in [0.2, 0.25) is 0 Å². The lowest BCUT2D eigenvalue weighted by atomic mass is 9.85. The Labute approximate surface area is 101 Å². The highest BCUT2D eigenvalue weighted by atomic mass is 32.1. The Morgan fingerprint density at radius 2 is 2.35 bits per heavy atom. The summed E-state index contributed by atoms with van der Waals surface area (Å²) in [6.07, 6.45) is 4.29. The van der Waals surface area contributed by atoms with E-state index in [1.807, 2.05) is 5.38 Å². The summed E-state index contributed by atoms with van der Waals surface area (Å²) in [4.78, 5) is 28.5. The largest absolute Gasteiger partial charge is 0.280 e. The van der Waals surface area contributed by atoms with E-state index in [9.17, 15) is 9.59 Å². The van der Waals surface area contributed by atoms with Crippen molar-refractivity contribution in [1.82, 2.24) is 9.66 Å². The smallest absolute Gasteiger partial charge is 0.273 e. The molecule has 0 aromatic carbocycles. The molecule has 88 valence electrons. The zero-order chi connectivity index (χ0) is 11.8. The molecule has 1 aliphatic rings. The fourth-order valence-electron chi connectivity index (χ4n) is 1.82. The molecule has 0 radical (unpaired) electrons. The summed E-state index contributed by atoms with van der Waals surface area (Å²) >= 11 is 1.41. The second-order valence-corrected chi connectivity index (χ2v) is 5.06. The van der Waals surface area contributed by atoms with Crippen molar-refractivity contribution in [3.63, 3.8) is 0 Å². The Kier molecular flexibility index (Phi) is 2.44. The molecule has 2 heterocycles. The number of carbonyl (C=O) groups is 1. The maximum Gasteiger partial charge on any atom is 0.280 e. The Bertz CT molecular complexity index is 627. The van der Waals surface area contributed by atoms with Gasteiger partial charge in [-0.25, -0.2) is 9.66 Å². The van der Waals surface area contributed by atoms with E-state index in [1.54, 1.807) is 6.07 Å². The molecular weight excluding hydrogens is 238 g/mol. The molecule has 0 aliphatic heterocycles. The molecule has 0 spiro atoms. The van der Waals surface area contributed by atoms with Crippen LogP contribution in [0.5, 0.6) is 0 Å². The molecule has 6 heteroatoms. The van der Waals surface area contributed by atoms with Crippen molar-refractivity contribution in [2.45, 2.75) is 19.3 Å². The lowest BCUT2D eigenvalue weighted by molar-refractivity contribution is -0.123. The highest BCUT2D eigenvalue weighted by Gasteiger charge is 2.25. The van der Waals surface area contributed by atoms with E-state index >= 15 is 0 Å². The summed E-state index contributed by atoms with van der Waals surface area (Å²) in [5.41, 5.74) is 2.38. The standard InChI is InChI=1S/C11H11N3O2S/c15-9(7-2-1-3-7)13-14-6-12-10-8(11(14)16)4-5-17-10/h4-7H,1-3H2,(H,13,15). The molecule has 17 heavy (non-hydrogen) atoms. The third kappa shape index (κ3) is 1.74. The molecule has 1 fully saturated rings. The molecular formula is C11H11N3O2S. The van der Waals surface area contributed by atoms with Gasteiger partial charge < -0.3 is 0 Å². The van der Waals surface area contributed by atoms with Crippen molar-refractivity contribution >= 4 is 27.5 Å². The minimum absolute atomic E-state index is 0.0556. The van der Waals surface area contributed by atoms with E-state index in [0.717, 1.165) is 19.3 Å². The first-order chi connectivity index (χ1) is 8.25. The van der Waals surface area contributed by atoms with Gasteiger partial charge >= 0.3 is 0 Å². The number of hydrogen-bond acceptors (Lipinski definition) is 4. The van der Waals surface area contributed by atoms with Crippen molar-refractivity contribution in [3.8, 4) is 0 Å². The van der Waals surface area contributed by atoms with Crippen molar-refractivity contribution in [2.24, 2.45) is 5.92 Å². The van der Waals surface area contributed by atoms with E-state index in [4.69, 9.17) is 0 Å². The van der Waals surface area contributed by atoms with Gasteiger partial charge in [0.2, 0.25) is 5.91 Å². The van der Waals surface area contributed by atoms with Crippen molar-refractivity contribution in [1.29, 1.82) is 0 Å². The van der Waals surface area contributed by atoms with Gasteiger partial charge in [-0.3, -0.25) is 15.0 Å². The fraction of sp³-hybridized carbons (Fsp3) is 0.364. The molecule has 1 N–H and O–H groups in total. The minimum Gasteiger partial charge on any atom is -0.273 e. The first-order valence-electron chi connectivity index (χ1n) is 5.51. The predicted octanol–water partition coefficient (Wildman–Crippen LogP) is 1.33. The van der Waals surface area contributed by atoms with Crippen LogP contribution in [0.3, 0.4) is 0 Å². The molecule has 0 unspecified atom stereocenters. The number of hydrogen-bond donors (Lipinski definition) is 1. The molecule has 2 aromatic heterocycles. The molecule has 5 nitrogen and oxygen atoms in total. The molecule has 0 saturated heterocycles. The van der Waals surface area contributed by atoms with Gasteiger partial charge in [-0.05, 0) is 24.3 Å². The van der Waals surface area contributed by atoms with E-state index in [0.29, 0.717) is 10.2 Å². The first kappa shape index (κ1) is 10.5. The van der Waals surface area contributed by atoms with Crippen molar-refractivity contribution in [3.05, 3.63) is 28.1 Å². The lowest BCUT2D eigenvalue weighted by Crippen LogP contribution is -2.38. The Balaban J connectivity index is 1.92. The first-order valence-corrected chi connectivity index (χ1v) is 6.39. The molecule has 0 atom stereocenters. The van der Waals surface area contributed by atoms with E-state index in [1.165, 1.54) is 22.3 Å². The zero-order valence-electron chi connectivity index (χ0n) is 9.05. The monoisotopic (exact) mass is 249 g/mol. The quantitative estimate of drug-likeness (QED) is 0.873. The van der Waals surface area contributed by atoms with Crippen LogP contribution >= 0.6 is 11.3 Å². The second-order valence-electron chi connectivity index (χ2n) is 4.16. The average molecular weight is 249 g/mol. The van der Waals surface area contributed by atoms with Crippen LogP contribution in [-0.4, -0.2) is 15.6 Å². The van der Waals surface area contributed by atoms with E-state index in [2.05, 4.69) is 10.4 Å². The summed E-state index contributed by atoms with van der Waals surface area (Å²) in [5, 5.41) is 2.36. The molecule has 1 amide bonds. The highest BCUT2D eigenvalue weighted by molar-refractivity contribution is 7.16. The van der Waals surface area contributed by atoms with Gasteiger partial charge in [0.05, 0.1) is 5.39 Å². The number of rotatable bonds is 2. The maximum atomic E-state index is 12.0. The number of thiophene rings is 1. The molecule has 1 saturated carbocycles. The molecule has 2 aromatic rings. The van der Waals surface area contributed by atoms with Gasteiger partial charge in [-0.15, -0.1) is 11.3 Å². The maximum absolute atomic E-state index is 12.0. The van der Waals surface area contributed by atoms with Gasteiger partial charge in [-0.1, -0.05) is 6.42 Å². The van der Waals surface area contributed by atoms with Crippen LogP contribution in [-0.2, 0) is 4.79 Å². The van der Waals surface area contributed by atoms with Gasteiger partial charge in [-0.2, -0.15) is 0 Å². The normalized spacial score (nSPS) is 15.8. The Hall–Kier alpha value is -1.69. The summed E-state index contributed by atoms with van der Waals surface area (Å²) < 4.78 is 1.18. The van der Waals surface area contributed by atoms with Crippen LogP contribution < -0.4 is 11.0 Å². The van der Waals surface area contributed by atoms with Crippen LogP contribution in [0, 0.1) is 5.92 Å². The minimum atomic E-state index is -0.219. The Morgan fingerprint density at radius 3 is 3.06 bits per heavy atom. The van der Waals surface area contributed by atoms with Gasteiger partial charge in [0, 0.05) is 5.92 Å². The third-order valence-corrected chi connectivity index (χ3v) is 3.91. The SMILES string of the molecule is O=C(Nn1cnc2sccc2c1=O)C1CCC1. The number of amides is 1. The fourth-order valence-corrected chi connectivity index (χ4v) is 2.54. The number of aromatic nitrogens is 2. The lowest BCUT2D eigenvalue weighted by Gasteiger charge is -2.24. The van der Waals surface area contributed by atoms with Crippen molar-refractivity contribution in [2.75, 3.05) is 5.43 Å². The topological polar surface area (TPSA) is 64.0 Å². The van der Waals surface area contributed by atoms with Crippen LogP contribution in [0.1, 0.15) is 19.3 Å². The summed E-state index contributed by atoms with van der Waals surface area (Å²) in [7, 11) is 0. The zero-order valence-corrected chi connectivity index (χ0v) is 9.87. The molecule has 0 bridgehead atoms. The Morgan fingerprint density at radius 1 is 1.53 bits per heavy atom. The van der Waals surface area contributed by atoms with Crippen LogP contribution in [0.25, 0.3) is 10.2 Å². The number of fused-ring (bicyclic) bond motifs is 1. The van der Waals surface area contributed by atoms with Gasteiger partial charge in [0.25, 0.3) is 5.56 Å². The number of carbonyl (C=O) groups excluding carboxylic acids is 1. The molecule has 3 rings (SSSR count). The summed E-state index contributed by atoms with van der Waals surface area (Å²) in [6, 6.07) is 1.72. The van der Waals surface area contributed by atoms with Gasteiger partial charge in [0.15, 0.2) is 0 Å². The predicted molar refractivity (Wildman–Crippen MR) is 65.6 cm³/mol. The van der Waals surface area contributed by atoms with Crippen LogP contribution in [0.4, 0.5) is 0 Å². The van der Waals surface area contributed by atoms with Crippen molar-refractivity contribution < 1.29 is 4.79 Å². The average Bonchev–Trinajstić information content (AvgIpc) is 2.68. The van der Waals surface area contributed by atoms with E-state index in [-0.39, 0.29) is 17.4 Å². The summed E-state index contributed by atoms with van der Waals surface area (Å²) in [5.74, 6) is -0.0326. The molecule has 1 aliphatic carbocycles. The number of nitrogens with one attached hydrogen (secondary N) is 1. The number of nitrogens with zero attached hydrogens (tertiary/aromatic N) is 2. The van der Waals surface area contributed by atoms with Crippen LogP contribution in [0.15, 0.2) is 22.6 Å². The second kappa shape index (κ2) is 3.96.